The Bertz CT molecular complexity index is 632. The maximum Gasteiger partial charge on any atom is 0.303 e. The molecule has 2 aromatic rings. The Kier molecular flexibility index (Phi) is 4.57. The third-order valence-electron chi connectivity index (χ3n) is 3.29. The van der Waals surface area contributed by atoms with Gasteiger partial charge in [-0.25, -0.2) is 4.68 Å². The van der Waals surface area contributed by atoms with Crippen LogP contribution in [0.5, 0.6) is 0 Å². The summed E-state index contributed by atoms with van der Waals surface area (Å²) in [6, 6.07) is 8.02. The number of carbonyl (C=O) groups is 1. The molecule has 0 amide bonds. The van der Waals surface area contributed by atoms with Gasteiger partial charge in [-0.1, -0.05) is 37.0 Å². The van der Waals surface area contributed by atoms with Crippen molar-refractivity contribution >= 4 is 19.4 Å². The summed E-state index contributed by atoms with van der Waals surface area (Å²) in [4.78, 5) is 10.6. The highest BCUT2D eigenvalue weighted by molar-refractivity contribution is 6.88. The molecule has 0 aliphatic carbocycles. The van der Waals surface area contributed by atoms with Gasteiger partial charge in [-0.2, -0.15) is 0 Å². The Morgan fingerprint density at radius 2 is 2.10 bits per heavy atom. The van der Waals surface area contributed by atoms with E-state index in [4.69, 9.17) is 5.11 Å². The van der Waals surface area contributed by atoms with Gasteiger partial charge in [-0.05, 0) is 30.5 Å². The van der Waals surface area contributed by atoms with Crippen LogP contribution < -0.4 is 5.32 Å². The molecule has 21 heavy (non-hydrogen) atoms. The first kappa shape index (κ1) is 15.4. The van der Waals surface area contributed by atoms with E-state index in [-0.39, 0.29) is 6.42 Å². The molecule has 5 nitrogen and oxygen atoms in total. The summed E-state index contributed by atoms with van der Waals surface area (Å²) in [5.74, 6) is -0.748. The van der Waals surface area contributed by atoms with Crippen LogP contribution in [-0.4, -0.2) is 34.1 Å². The summed E-state index contributed by atoms with van der Waals surface area (Å²) in [6.45, 7) is 6.72. The van der Waals surface area contributed by atoms with Crippen LogP contribution >= 0.6 is 0 Å². The van der Waals surface area contributed by atoms with Crippen molar-refractivity contribution in [2.75, 3.05) is 0 Å². The molecule has 1 aromatic heterocycles. The Hall–Kier alpha value is -1.95. The van der Waals surface area contributed by atoms with Crippen molar-refractivity contribution in [3.63, 3.8) is 0 Å². The molecule has 1 heterocycles. The van der Waals surface area contributed by atoms with Gasteiger partial charge in [0.1, 0.15) is 8.07 Å². The van der Waals surface area contributed by atoms with E-state index in [0.29, 0.717) is 6.42 Å². The second kappa shape index (κ2) is 6.22. The highest BCUT2D eigenvalue weighted by Gasteiger charge is 2.20. The Morgan fingerprint density at radius 1 is 1.33 bits per heavy atom. The average molecular weight is 303 g/mol. The number of rotatable bonds is 6. The second-order valence-corrected chi connectivity index (χ2v) is 11.2. The molecule has 0 saturated heterocycles. The smallest absolute Gasteiger partial charge is 0.303 e. The van der Waals surface area contributed by atoms with Crippen LogP contribution in [0.3, 0.4) is 0 Å². The van der Waals surface area contributed by atoms with Gasteiger partial charge in [-0.15, -0.1) is 5.10 Å². The Balaban J connectivity index is 2.13. The van der Waals surface area contributed by atoms with Crippen molar-refractivity contribution in [2.45, 2.75) is 38.9 Å². The second-order valence-electron chi connectivity index (χ2n) is 6.22. The number of hydrogen-bond donors (Lipinski definition) is 1. The van der Waals surface area contributed by atoms with Crippen molar-refractivity contribution in [1.29, 1.82) is 0 Å². The zero-order chi connectivity index (χ0) is 15.5. The maximum atomic E-state index is 10.6. The molecule has 0 fully saturated rings. The Morgan fingerprint density at radius 3 is 2.71 bits per heavy atom. The number of nitrogens with zero attached hydrogens (tertiary/aromatic N) is 3. The van der Waals surface area contributed by atoms with Crippen LogP contribution in [0, 0.1) is 0 Å². The molecule has 6 heteroatoms. The van der Waals surface area contributed by atoms with Gasteiger partial charge >= 0.3 is 5.97 Å². The van der Waals surface area contributed by atoms with Crippen molar-refractivity contribution in [3.8, 4) is 5.69 Å². The summed E-state index contributed by atoms with van der Waals surface area (Å²) in [5.41, 5.74) is 2.10. The number of aliphatic carboxylic acids is 1. The lowest BCUT2D eigenvalue weighted by Gasteiger charge is -2.10. The SMILES string of the molecule is C[Si](C)(C)c1cn(-c2cccc(CCCC(=O)O)c2)nn1. The zero-order valence-electron chi connectivity index (χ0n) is 12.7. The Labute approximate surface area is 125 Å². The van der Waals surface area contributed by atoms with Gasteiger partial charge in [-0.3, -0.25) is 4.79 Å². The molecule has 1 aromatic carbocycles. The largest absolute Gasteiger partial charge is 0.481 e. The summed E-state index contributed by atoms with van der Waals surface area (Å²) in [7, 11) is -1.45. The lowest BCUT2D eigenvalue weighted by molar-refractivity contribution is -0.137. The maximum absolute atomic E-state index is 10.6. The molecule has 2 rings (SSSR count). The number of carboxylic acid groups (broad SMARTS) is 1. The van der Waals surface area contributed by atoms with Crippen LogP contribution in [0.4, 0.5) is 0 Å². The van der Waals surface area contributed by atoms with Gasteiger partial charge in [0.05, 0.1) is 11.0 Å². The van der Waals surface area contributed by atoms with E-state index in [1.165, 1.54) is 0 Å². The lowest BCUT2D eigenvalue weighted by Crippen LogP contribution is -2.38. The average Bonchev–Trinajstić information content (AvgIpc) is 2.88. The fraction of sp³-hybridized carbons (Fsp3) is 0.400. The summed E-state index contributed by atoms with van der Waals surface area (Å²) >= 11 is 0. The van der Waals surface area contributed by atoms with Crippen molar-refractivity contribution < 1.29 is 9.90 Å². The minimum absolute atomic E-state index is 0.202. The fourth-order valence-corrected chi connectivity index (χ4v) is 2.89. The molecule has 0 radical (unpaired) electrons. The van der Waals surface area contributed by atoms with E-state index in [9.17, 15) is 4.79 Å². The van der Waals surface area contributed by atoms with Gasteiger partial charge in [0, 0.05) is 12.6 Å². The molecular formula is C15H21N3O2Si. The van der Waals surface area contributed by atoms with E-state index in [2.05, 4.69) is 30.0 Å². The van der Waals surface area contributed by atoms with Gasteiger partial charge in [0.25, 0.3) is 0 Å². The molecule has 0 saturated carbocycles. The minimum atomic E-state index is -1.45. The number of benzene rings is 1. The molecule has 0 atom stereocenters. The van der Waals surface area contributed by atoms with Crippen molar-refractivity contribution in [2.24, 2.45) is 0 Å². The standard InChI is InChI=1S/C15H21N3O2Si/c1-21(2,3)14-11-18(17-16-14)13-8-4-6-12(10-13)7-5-9-15(19)20/h4,6,8,10-11H,5,7,9H2,1-3H3,(H,19,20). The first-order chi connectivity index (χ1) is 9.86. The fourth-order valence-electron chi connectivity index (χ4n) is 2.03. The van der Waals surface area contributed by atoms with E-state index >= 15 is 0 Å². The predicted octanol–water partition coefficient (Wildman–Crippen LogP) is 2.22. The monoisotopic (exact) mass is 303 g/mol. The normalized spacial score (nSPS) is 11.6. The van der Waals surface area contributed by atoms with Crippen molar-refractivity contribution in [1.82, 2.24) is 15.0 Å². The van der Waals surface area contributed by atoms with Crippen LogP contribution in [0.1, 0.15) is 18.4 Å². The highest BCUT2D eigenvalue weighted by Crippen LogP contribution is 2.12. The van der Waals surface area contributed by atoms with E-state index < -0.39 is 14.0 Å². The first-order valence-electron chi connectivity index (χ1n) is 7.10. The van der Waals surface area contributed by atoms with Gasteiger partial charge in [0.15, 0.2) is 0 Å². The van der Waals surface area contributed by atoms with Gasteiger partial charge in [0.2, 0.25) is 0 Å². The van der Waals surface area contributed by atoms with E-state index in [1.54, 1.807) is 4.68 Å². The van der Waals surface area contributed by atoms with E-state index in [0.717, 1.165) is 23.0 Å². The lowest BCUT2D eigenvalue weighted by atomic mass is 10.1. The molecule has 0 bridgehead atoms. The third kappa shape index (κ3) is 4.26. The molecule has 112 valence electrons. The molecule has 0 spiro atoms. The topological polar surface area (TPSA) is 68.0 Å². The van der Waals surface area contributed by atoms with Crippen LogP contribution in [0.15, 0.2) is 30.5 Å². The quantitative estimate of drug-likeness (QED) is 0.831. The van der Waals surface area contributed by atoms with E-state index in [1.807, 2.05) is 30.5 Å². The summed E-state index contributed by atoms with van der Waals surface area (Å²) in [6.07, 6.45) is 3.61. The van der Waals surface area contributed by atoms with Crippen LogP contribution in [0.2, 0.25) is 19.6 Å². The highest BCUT2D eigenvalue weighted by atomic mass is 28.3. The first-order valence-corrected chi connectivity index (χ1v) is 10.6. The van der Waals surface area contributed by atoms with Gasteiger partial charge < -0.3 is 5.11 Å². The summed E-state index contributed by atoms with van der Waals surface area (Å²) < 4.78 is 1.80. The molecule has 1 N–H and O–H groups in total. The molecular weight excluding hydrogens is 282 g/mol. The number of hydrogen-bond acceptors (Lipinski definition) is 3. The number of aryl methyl sites for hydroxylation is 1. The number of carboxylic acids is 1. The van der Waals surface area contributed by atoms with Crippen molar-refractivity contribution in [3.05, 3.63) is 36.0 Å². The summed E-state index contributed by atoms with van der Waals surface area (Å²) in [5, 5.41) is 18.3. The minimum Gasteiger partial charge on any atom is -0.481 e. The van der Waals surface area contributed by atoms with Crippen LogP contribution in [-0.2, 0) is 11.2 Å². The molecule has 0 aliphatic heterocycles. The molecule has 0 aliphatic rings. The number of aromatic nitrogens is 3. The predicted molar refractivity (Wildman–Crippen MR) is 84.9 cm³/mol. The third-order valence-corrected chi connectivity index (χ3v) is 5.06. The van der Waals surface area contributed by atoms with Crippen LogP contribution in [0.25, 0.3) is 5.69 Å². The zero-order valence-corrected chi connectivity index (χ0v) is 13.7. The molecule has 0 unspecified atom stereocenters.